The number of nitrogens with zero attached hydrogens (tertiary/aromatic N) is 1. The Morgan fingerprint density at radius 3 is 2.86 bits per heavy atom. The molecule has 1 atom stereocenters. The van der Waals surface area contributed by atoms with E-state index in [0.717, 1.165) is 17.7 Å². The summed E-state index contributed by atoms with van der Waals surface area (Å²) in [5.74, 6) is 0.673. The van der Waals surface area contributed by atoms with Gasteiger partial charge in [0.25, 0.3) is 0 Å². The van der Waals surface area contributed by atoms with Crippen LogP contribution in [0.15, 0.2) is 18.3 Å². The van der Waals surface area contributed by atoms with Gasteiger partial charge in [0.2, 0.25) is 0 Å². The first-order valence-electron chi connectivity index (χ1n) is 5.10. The third kappa shape index (κ3) is 2.66. The third-order valence-electron chi connectivity index (χ3n) is 2.54. The molecule has 1 aromatic rings. The Bertz CT molecular complexity index is 320. The zero-order chi connectivity index (χ0) is 10.6. The molecular weight excluding hydrogens is 174 g/mol. The summed E-state index contributed by atoms with van der Waals surface area (Å²) < 4.78 is 0. The molecule has 0 N–H and O–H groups in total. The molecule has 0 aromatic carbocycles. The Hall–Kier alpha value is -1.18. The van der Waals surface area contributed by atoms with Crippen LogP contribution < -0.4 is 0 Å². The number of carbonyl (C=O) groups is 1. The molecule has 0 saturated carbocycles. The van der Waals surface area contributed by atoms with Crippen LogP contribution in [0.25, 0.3) is 0 Å². The van der Waals surface area contributed by atoms with Crippen molar-refractivity contribution in [3.8, 4) is 0 Å². The highest BCUT2D eigenvalue weighted by atomic mass is 16.1. The van der Waals surface area contributed by atoms with E-state index >= 15 is 0 Å². The molecule has 0 aliphatic rings. The lowest BCUT2D eigenvalue weighted by molar-refractivity contribution is 0.0962. The standard InChI is InChI=1S/C12H17NO/c1-4-9(2)8-12(14)11-6-5-7-13-10(11)3/h5-7,9H,4,8H2,1-3H3. The van der Waals surface area contributed by atoms with Crippen molar-refractivity contribution in [2.75, 3.05) is 0 Å². The first kappa shape index (κ1) is 10.9. The third-order valence-corrected chi connectivity index (χ3v) is 2.54. The number of aromatic nitrogens is 1. The zero-order valence-corrected chi connectivity index (χ0v) is 9.08. The molecule has 2 nitrogen and oxygen atoms in total. The van der Waals surface area contributed by atoms with E-state index in [1.54, 1.807) is 6.20 Å². The average molecular weight is 191 g/mol. The fourth-order valence-corrected chi connectivity index (χ4v) is 1.35. The molecule has 1 aromatic heterocycles. The molecule has 76 valence electrons. The highest BCUT2D eigenvalue weighted by Crippen LogP contribution is 2.13. The maximum absolute atomic E-state index is 11.8. The van der Waals surface area contributed by atoms with Gasteiger partial charge >= 0.3 is 0 Å². The first-order chi connectivity index (χ1) is 6.65. The summed E-state index contributed by atoms with van der Waals surface area (Å²) in [5.41, 5.74) is 1.61. The van der Waals surface area contributed by atoms with Gasteiger partial charge in [-0.15, -0.1) is 0 Å². The van der Waals surface area contributed by atoms with E-state index in [4.69, 9.17) is 0 Å². The van der Waals surface area contributed by atoms with Crippen molar-refractivity contribution >= 4 is 5.78 Å². The van der Waals surface area contributed by atoms with Crippen LogP contribution >= 0.6 is 0 Å². The van der Waals surface area contributed by atoms with Gasteiger partial charge in [0, 0.05) is 23.9 Å². The number of pyridine rings is 1. The Morgan fingerprint density at radius 1 is 1.57 bits per heavy atom. The number of ketones is 1. The van der Waals surface area contributed by atoms with Crippen molar-refractivity contribution in [3.05, 3.63) is 29.6 Å². The van der Waals surface area contributed by atoms with Gasteiger partial charge in [-0.25, -0.2) is 0 Å². The van der Waals surface area contributed by atoms with Crippen LogP contribution in [0.4, 0.5) is 0 Å². The summed E-state index contributed by atoms with van der Waals surface area (Å²) in [7, 11) is 0. The minimum atomic E-state index is 0.213. The molecule has 1 unspecified atom stereocenters. The Balaban J connectivity index is 2.75. The number of hydrogen-bond acceptors (Lipinski definition) is 2. The van der Waals surface area contributed by atoms with Gasteiger partial charge in [0.15, 0.2) is 5.78 Å². The minimum Gasteiger partial charge on any atom is -0.294 e. The van der Waals surface area contributed by atoms with Crippen molar-refractivity contribution in [2.24, 2.45) is 5.92 Å². The van der Waals surface area contributed by atoms with Gasteiger partial charge in [-0.1, -0.05) is 20.3 Å². The van der Waals surface area contributed by atoms with Gasteiger partial charge in [-0.2, -0.15) is 0 Å². The van der Waals surface area contributed by atoms with Crippen LogP contribution in [0.3, 0.4) is 0 Å². The predicted molar refractivity (Wildman–Crippen MR) is 57.4 cm³/mol. The summed E-state index contributed by atoms with van der Waals surface area (Å²) in [6.45, 7) is 6.08. The van der Waals surface area contributed by atoms with Crippen LogP contribution in [0, 0.1) is 12.8 Å². The number of Topliss-reactive ketones (excluding diaryl/α,β-unsaturated/α-hetero) is 1. The molecule has 0 radical (unpaired) electrons. The Morgan fingerprint density at radius 2 is 2.29 bits per heavy atom. The SMILES string of the molecule is CCC(C)CC(=O)c1cccnc1C. The van der Waals surface area contributed by atoms with Crippen molar-refractivity contribution in [1.29, 1.82) is 0 Å². The van der Waals surface area contributed by atoms with Crippen molar-refractivity contribution in [2.45, 2.75) is 33.6 Å². The topological polar surface area (TPSA) is 30.0 Å². The fraction of sp³-hybridized carbons (Fsp3) is 0.500. The van der Waals surface area contributed by atoms with E-state index in [0.29, 0.717) is 12.3 Å². The van der Waals surface area contributed by atoms with Gasteiger partial charge in [0.1, 0.15) is 0 Å². The number of rotatable bonds is 4. The van der Waals surface area contributed by atoms with Gasteiger partial charge in [0.05, 0.1) is 0 Å². The molecular formula is C12H17NO. The first-order valence-corrected chi connectivity index (χ1v) is 5.10. The molecule has 0 aliphatic carbocycles. The van der Waals surface area contributed by atoms with E-state index in [-0.39, 0.29) is 5.78 Å². The second-order valence-corrected chi connectivity index (χ2v) is 3.78. The van der Waals surface area contributed by atoms with Crippen LogP contribution in [0.1, 0.15) is 42.7 Å². The summed E-state index contributed by atoms with van der Waals surface area (Å²) in [6.07, 6.45) is 3.39. The molecule has 1 heterocycles. The van der Waals surface area contributed by atoms with Crippen molar-refractivity contribution < 1.29 is 4.79 Å². The van der Waals surface area contributed by atoms with Crippen molar-refractivity contribution in [1.82, 2.24) is 4.98 Å². The molecule has 0 saturated heterocycles. The van der Waals surface area contributed by atoms with Crippen LogP contribution in [-0.2, 0) is 0 Å². The molecule has 0 bridgehead atoms. The molecule has 0 aliphatic heterocycles. The van der Waals surface area contributed by atoms with E-state index in [1.165, 1.54) is 0 Å². The quantitative estimate of drug-likeness (QED) is 0.685. The van der Waals surface area contributed by atoms with Crippen LogP contribution in [-0.4, -0.2) is 10.8 Å². The van der Waals surface area contributed by atoms with Crippen LogP contribution in [0.2, 0.25) is 0 Å². The van der Waals surface area contributed by atoms with E-state index in [1.807, 2.05) is 19.1 Å². The largest absolute Gasteiger partial charge is 0.294 e. The molecule has 0 spiro atoms. The molecule has 0 amide bonds. The Kier molecular flexibility index (Phi) is 3.81. The highest BCUT2D eigenvalue weighted by molar-refractivity contribution is 5.97. The summed E-state index contributed by atoms with van der Waals surface area (Å²) in [6, 6.07) is 3.67. The Labute approximate surface area is 85.4 Å². The molecule has 2 heteroatoms. The average Bonchev–Trinajstić information content (AvgIpc) is 2.18. The normalized spacial score (nSPS) is 12.5. The lowest BCUT2D eigenvalue weighted by Gasteiger charge is -2.08. The lowest BCUT2D eigenvalue weighted by Crippen LogP contribution is -2.07. The highest BCUT2D eigenvalue weighted by Gasteiger charge is 2.11. The minimum absolute atomic E-state index is 0.213. The maximum atomic E-state index is 11.8. The van der Waals surface area contributed by atoms with Crippen molar-refractivity contribution in [3.63, 3.8) is 0 Å². The molecule has 1 rings (SSSR count). The number of carbonyl (C=O) groups excluding carboxylic acids is 1. The van der Waals surface area contributed by atoms with Crippen LogP contribution in [0.5, 0.6) is 0 Å². The maximum Gasteiger partial charge on any atom is 0.164 e. The smallest absolute Gasteiger partial charge is 0.164 e. The lowest BCUT2D eigenvalue weighted by atomic mass is 9.97. The van der Waals surface area contributed by atoms with Gasteiger partial charge in [-0.3, -0.25) is 9.78 Å². The van der Waals surface area contributed by atoms with E-state index in [2.05, 4.69) is 18.8 Å². The van der Waals surface area contributed by atoms with Gasteiger partial charge in [-0.05, 0) is 25.0 Å². The second kappa shape index (κ2) is 4.89. The molecule has 0 fully saturated rings. The molecule has 14 heavy (non-hydrogen) atoms. The summed E-state index contributed by atoms with van der Waals surface area (Å²) in [5, 5.41) is 0. The van der Waals surface area contributed by atoms with E-state index < -0.39 is 0 Å². The fourth-order valence-electron chi connectivity index (χ4n) is 1.35. The number of aryl methyl sites for hydroxylation is 1. The van der Waals surface area contributed by atoms with E-state index in [9.17, 15) is 4.79 Å². The monoisotopic (exact) mass is 191 g/mol. The summed E-state index contributed by atoms with van der Waals surface area (Å²) in [4.78, 5) is 15.9. The second-order valence-electron chi connectivity index (χ2n) is 3.78. The zero-order valence-electron chi connectivity index (χ0n) is 9.08. The summed E-state index contributed by atoms with van der Waals surface area (Å²) >= 11 is 0. The predicted octanol–water partition coefficient (Wildman–Crippen LogP) is 3.01. The number of hydrogen-bond donors (Lipinski definition) is 0. The van der Waals surface area contributed by atoms with Gasteiger partial charge < -0.3 is 0 Å².